The summed E-state index contributed by atoms with van der Waals surface area (Å²) in [6, 6.07) is 15.7. The van der Waals surface area contributed by atoms with Gasteiger partial charge < -0.3 is 0 Å². The zero-order valence-electron chi connectivity index (χ0n) is 74.7. The monoisotopic (exact) mass is 1250 g/mol. The Kier molecular flexibility index (Phi) is 27.8. The van der Waals surface area contributed by atoms with E-state index in [1.165, 1.54) is 159 Å². The normalized spacial score (nSPS) is 24.9. The SMILES string of the molecule is CC1(C)CC(C)(C)CC(C)(C)C1.CC1(C)CCC(C)(C)CC1.CC1(C)CCC2(CCCCC2)CC1.CC1(C)CCCCC1.[2HH].[2HH].[2HH].[2HH].[2H]C(C)(C)c1cc(C(C)(C)C)ccc1C.[2H]C([2H])(C)C1CCCC1.[2H]C([2H])([2H])c1cc(C)cc(C)c1C.[2H]C([2H])([2H])c1cc(C)ccc1C.[2H]C1(C)CCCC1. The van der Waals surface area contributed by atoms with Gasteiger partial charge in [-0.2, -0.15) is 0 Å². The Labute approximate surface area is 580 Å². The van der Waals surface area contributed by atoms with Crippen LogP contribution >= 0.6 is 0 Å². The van der Waals surface area contributed by atoms with Crippen LogP contribution in [0, 0.1) is 110 Å². The van der Waals surface area contributed by atoms with E-state index in [1.807, 2.05) is 73.6 Å². The zero-order chi connectivity index (χ0) is 76.5. The molecule has 3 aromatic carbocycles. The maximum Gasteiger partial charge on any atom is 0.0347 e. The van der Waals surface area contributed by atoms with E-state index in [0.717, 1.165) is 64.5 Å². The molecular formula is C89H166. The minimum Gasteiger partial charge on any atom is -0.0651 e. The zero-order valence-corrected chi connectivity index (χ0v) is 64.7. The smallest absolute Gasteiger partial charge is 0.0347 e. The summed E-state index contributed by atoms with van der Waals surface area (Å²) < 4.78 is 74.1. The molecule has 0 radical (unpaired) electrons. The van der Waals surface area contributed by atoms with E-state index in [1.54, 1.807) is 31.9 Å². The van der Waals surface area contributed by atoms with E-state index in [2.05, 4.69) is 143 Å². The number of hydrogen-bond acceptors (Lipinski definition) is 0. The molecule has 1 spiro atoms. The number of rotatable bonds is 2. The van der Waals surface area contributed by atoms with Gasteiger partial charge in [0.05, 0.1) is 0 Å². The third-order valence-electron chi connectivity index (χ3n) is 21.7. The molecule has 0 saturated heterocycles. The quantitative estimate of drug-likeness (QED) is 0.240. The average Bonchev–Trinajstić information content (AvgIpc) is 1.16. The summed E-state index contributed by atoms with van der Waals surface area (Å²) in [6.07, 6.45) is 39.3. The first-order chi connectivity index (χ1) is 44.5. The highest BCUT2D eigenvalue weighted by molar-refractivity contribution is 5.37. The molecule has 0 nitrogen and oxygen atoms in total. The van der Waals surface area contributed by atoms with Crippen LogP contribution < -0.4 is 0 Å². The second kappa shape index (κ2) is 37.1. The predicted octanol–water partition coefficient (Wildman–Crippen LogP) is 31.1. The Hall–Kier alpha value is -2.34. The lowest BCUT2D eigenvalue weighted by molar-refractivity contribution is 0.0203. The molecular weight excluding hydrogens is 1070 g/mol. The lowest BCUT2D eigenvalue weighted by atomic mass is 9.56. The Morgan fingerprint density at radius 3 is 1.18 bits per heavy atom. The van der Waals surface area contributed by atoms with Gasteiger partial charge in [0.2, 0.25) is 0 Å². The summed E-state index contributed by atoms with van der Waals surface area (Å²) in [5.41, 5.74) is 14.6. The van der Waals surface area contributed by atoms with Crippen molar-refractivity contribution in [3.63, 3.8) is 0 Å². The topological polar surface area (TPSA) is 0 Å². The maximum atomic E-state index is 8.11. The number of aryl methyl sites for hydroxylation is 7. The minimum atomic E-state index is -1.99. The van der Waals surface area contributed by atoms with Crippen molar-refractivity contribution in [1.29, 1.82) is 0 Å². The van der Waals surface area contributed by atoms with E-state index in [9.17, 15) is 0 Å². The van der Waals surface area contributed by atoms with Crippen LogP contribution in [-0.4, -0.2) is 0 Å². The van der Waals surface area contributed by atoms with Gasteiger partial charge in [0, 0.05) is 19.4 Å². The third kappa shape index (κ3) is 34.6. The Morgan fingerprint density at radius 2 is 0.831 bits per heavy atom. The fourth-order valence-electron chi connectivity index (χ4n) is 16.0. The van der Waals surface area contributed by atoms with E-state index in [-0.39, 0.29) is 17.0 Å². The second-order valence-electron chi connectivity index (χ2n) is 37.1. The summed E-state index contributed by atoms with van der Waals surface area (Å²) in [6.45, 7) is 55.5. The average molecular weight is 1250 g/mol. The molecule has 7 saturated carbocycles. The van der Waals surface area contributed by atoms with Gasteiger partial charge in [-0.15, -0.1) is 0 Å². The molecule has 3 aromatic rings. The van der Waals surface area contributed by atoms with Crippen LogP contribution in [0.15, 0.2) is 48.5 Å². The minimum absolute atomic E-state index is 0. The van der Waals surface area contributed by atoms with Gasteiger partial charge in [-0.05, 0) is 263 Å². The van der Waals surface area contributed by atoms with Crippen LogP contribution in [0.1, 0.15) is 419 Å². The summed E-state index contributed by atoms with van der Waals surface area (Å²) in [5, 5.41) is 0. The Bertz CT molecular complexity index is 2740. The van der Waals surface area contributed by atoms with Gasteiger partial charge in [0.1, 0.15) is 0 Å². The van der Waals surface area contributed by atoms with Crippen LogP contribution in [0.25, 0.3) is 0 Å². The molecule has 0 aliphatic heterocycles. The molecule has 7 fully saturated rings. The molecule has 0 amide bonds. The molecule has 0 N–H and O–H groups in total. The summed E-state index contributed by atoms with van der Waals surface area (Å²) in [5.74, 6) is -0.219. The van der Waals surface area contributed by atoms with Crippen molar-refractivity contribution in [2.24, 2.45) is 55.1 Å². The van der Waals surface area contributed by atoms with E-state index in [4.69, 9.17) is 13.7 Å². The largest absolute Gasteiger partial charge is 0.0651 e. The molecule has 522 valence electrons. The summed E-state index contributed by atoms with van der Waals surface area (Å²) in [4.78, 5) is 0. The van der Waals surface area contributed by atoms with Crippen LogP contribution in [0.3, 0.4) is 0 Å². The Balaban J connectivity index is -0.00000109. The second-order valence-corrected chi connectivity index (χ2v) is 37.1. The molecule has 7 aliphatic rings. The van der Waals surface area contributed by atoms with Crippen LogP contribution in [-0.2, 0) is 5.41 Å². The van der Waals surface area contributed by atoms with Gasteiger partial charge in [-0.3, -0.25) is 0 Å². The third-order valence-corrected chi connectivity index (χ3v) is 21.7. The molecule has 0 bridgehead atoms. The molecule has 0 heteroatoms. The molecule has 89 heavy (non-hydrogen) atoms. The molecule has 7 aliphatic carbocycles. The van der Waals surface area contributed by atoms with Crippen molar-refractivity contribution in [2.75, 3.05) is 0 Å². The number of hydrogen-bond donors (Lipinski definition) is 0. The fourth-order valence-corrected chi connectivity index (χ4v) is 16.0. The van der Waals surface area contributed by atoms with Gasteiger partial charge in [0.25, 0.3) is 0 Å². The molecule has 0 unspecified atom stereocenters. The summed E-state index contributed by atoms with van der Waals surface area (Å²) in [7, 11) is 0. The lowest BCUT2D eigenvalue weighted by Gasteiger charge is -2.49. The van der Waals surface area contributed by atoms with Crippen molar-refractivity contribution in [3.05, 3.63) is 104 Å². The van der Waals surface area contributed by atoms with Crippen LogP contribution in [0.2, 0.25) is 0 Å². The van der Waals surface area contributed by atoms with Crippen LogP contribution in [0.5, 0.6) is 0 Å². The summed E-state index contributed by atoms with van der Waals surface area (Å²) >= 11 is 0. The van der Waals surface area contributed by atoms with E-state index in [0.29, 0.717) is 54.9 Å². The standard InChI is InChI=1S/C14H22.C13H24.C12H24.C10H20.C10H14.C9H12.C8H16.C7H14.C6H12.4H2/c1-10(2)13-9-12(14(4,5)6)8-7-11(13)3;1-12(2)8-10-13(11-9-12)6-4-3-5-7-13;1-10(2)7-11(3,4)9-12(5,6)8-10;1-9(2)5-7-10(3,4)8-6-9;1-7-5-8(2)10(4)9(3)6-7;1-7-4-5-8(2)9(3)6-7;1-8(2)6-4-3-5-7-8;1-2-7-5-3-4-6-7;1-6-4-2-3-5-6;;;;/h7-10H,1-6H3;3-11H2,1-2H3;7-9H2,1-6H3;5-8H2,1-4H3;5-6H,1-4H3;4-6H,1-3H3;3-7H2,1-2H3;7H,2-6H2,1H3;6H,2-5H2,1H3;4*1H/i10D;;;;2D3;3D3;;2D2;6D;4*1+1. The highest BCUT2D eigenvalue weighted by Gasteiger charge is 2.42. The van der Waals surface area contributed by atoms with Crippen LogP contribution in [0.4, 0.5) is 0 Å². The van der Waals surface area contributed by atoms with E-state index >= 15 is 0 Å². The van der Waals surface area contributed by atoms with Gasteiger partial charge >= 0.3 is 0 Å². The lowest BCUT2D eigenvalue weighted by Crippen LogP contribution is -2.38. The first-order valence-corrected chi connectivity index (χ1v) is 36.8. The van der Waals surface area contributed by atoms with Crippen molar-refractivity contribution in [1.82, 2.24) is 0 Å². The molecule has 0 heterocycles. The van der Waals surface area contributed by atoms with Crippen molar-refractivity contribution < 1.29 is 19.4 Å². The highest BCUT2D eigenvalue weighted by Crippen LogP contribution is 2.54. The van der Waals surface area contributed by atoms with Crippen molar-refractivity contribution >= 4 is 0 Å². The van der Waals surface area contributed by atoms with E-state index < -0.39 is 26.0 Å². The highest BCUT2D eigenvalue weighted by atomic mass is 14.5. The molecule has 10 rings (SSSR count). The molecule has 0 atom stereocenters. The fraction of sp³-hybridized carbons (Fsp3) is 0.798. The van der Waals surface area contributed by atoms with Crippen molar-refractivity contribution in [2.45, 2.75) is 405 Å². The predicted molar refractivity (Wildman–Crippen MR) is 414 cm³/mol. The number of benzene rings is 3. The first kappa shape index (κ1) is 66.7. The van der Waals surface area contributed by atoms with Gasteiger partial charge in [0.15, 0.2) is 0 Å². The van der Waals surface area contributed by atoms with Gasteiger partial charge in [-0.1, -0.05) is 301 Å². The first-order valence-electron chi connectivity index (χ1n) is 41.8. The maximum absolute atomic E-state index is 8.11. The Morgan fingerprint density at radius 1 is 0.449 bits per heavy atom. The van der Waals surface area contributed by atoms with Gasteiger partial charge in [-0.25, -0.2) is 0 Å². The molecule has 0 aromatic heterocycles. The van der Waals surface area contributed by atoms with Crippen molar-refractivity contribution in [3.8, 4) is 0 Å².